The molecular formula is C15H18F3NO5. The van der Waals surface area contributed by atoms with Crippen molar-refractivity contribution in [2.24, 2.45) is 0 Å². The summed E-state index contributed by atoms with van der Waals surface area (Å²) < 4.78 is 44.9. The summed E-state index contributed by atoms with van der Waals surface area (Å²) in [6.45, 7) is 4.68. The van der Waals surface area contributed by atoms with E-state index in [2.05, 4.69) is 5.32 Å². The fraction of sp³-hybridized carbons (Fsp3) is 0.467. The summed E-state index contributed by atoms with van der Waals surface area (Å²) in [5.74, 6) is -5.56. The average molecular weight is 349 g/mol. The van der Waals surface area contributed by atoms with Crippen LogP contribution in [0, 0.1) is 17.5 Å². The molecule has 0 heterocycles. The third kappa shape index (κ3) is 5.73. The molecule has 9 heteroatoms. The Morgan fingerprint density at radius 2 is 1.71 bits per heavy atom. The minimum atomic E-state index is -1.93. The summed E-state index contributed by atoms with van der Waals surface area (Å²) in [7, 11) is 0. The summed E-state index contributed by atoms with van der Waals surface area (Å²) in [6, 6.07) is -0.892. The van der Waals surface area contributed by atoms with Crippen molar-refractivity contribution in [3.63, 3.8) is 0 Å². The van der Waals surface area contributed by atoms with Gasteiger partial charge in [0.15, 0.2) is 11.6 Å². The van der Waals surface area contributed by atoms with Gasteiger partial charge in [-0.25, -0.2) is 18.0 Å². The second-order valence-electron chi connectivity index (χ2n) is 6.08. The van der Waals surface area contributed by atoms with Crippen LogP contribution in [0.15, 0.2) is 12.1 Å². The summed E-state index contributed by atoms with van der Waals surface area (Å²) in [6.07, 6.45) is -3.77. The number of benzene rings is 1. The van der Waals surface area contributed by atoms with E-state index in [0.717, 1.165) is 0 Å². The van der Waals surface area contributed by atoms with Crippen LogP contribution >= 0.6 is 0 Å². The molecule has 6 nitrogen and oxygen atoms in total. The second kappa shape index (κ2) is 7.52. The van der Waals surface area contributed by atoms with Crippen molar-refractivity contribution in [3.05, 3.63) is 35.1 Å². The fourth-order valence-corrected chi connectivity index (χ4v) is 1.87. The Morgan fingerprint density at radius 3 is 2.21 bits per heavy atom. The lowest BCUT2D eigenvalue weighted by Gasteiger charge is -2.26. The van der Waals surface area contributed by atoms with Gasteiger partial charge in [0, 0.05) is 11.6 Å². The van der Waals surface area contributed by atoms with Crippen LogP contribution in [0.2, 0.25) is 0 Å². The van der Waals surface area contributed by atoms with Gasteiger partial charge in [-0.2, -0.15) is 0 Å². The predicted molar refractivity (Wildman–Crippen MR) is 76.7 cm³/mol. The number of aliphatic carboxylic acids is 1. The summed E-state index contributed by atoms with van der Waals surface area (Å²) in [4.78, 5) is 22.6. The molecule has 0 aliphatic carbocycles. The van der Waals surface area contributed by atoms with E-state index in [-0.39, 0.29) is 6.07 Å². The van der Waals surface area contributed by atoms with Gasteiger partial charge in [0.1, 0.15) is 17.5 Å². The molecule has 3 N–H and O–H groups in total. The van der Waals surface area contributed by atoms with Crippen LogP contribution < -0.4 is 5.32 Å². The van der Waals surface area contributed by atoms with Gasteiger partial charge >= 0.3 is 12.1 Å². The van der Waals surface area contributed by atoms with Gasteiger partial charge in [0.25, 0.3) is 0 Å². The molecule has 2 atom stereocenters. The zero-order chi connectivity index (χ0) is 18.7. The van der Waals surface area contributed by atoms with E-state index in [1.807, 2.05) is 0 Å². The van der Waals surface area contributed by atoms with E-state index in [4.69, 9.17) is 9.84 Å². The first-order valence-electron chi connectivity index (χ1n) is 6.94. The number of ether oxygens (including phenoxy) is 1. The van der Waals surface area contributed by atoms with Crippen molar-refractivity contribution in [3.8, 4) is 0 Å². The number of aliphatic hydroxyl groups excluding tert-OH is 1. The topological polar surface area (TPSA) is 95.9 Å². The number of halogens is 3. The third-order valence-electron chi connectivity index (χ3n) is 2.84. The Balaban J connectivity index is 3.05. The highest BCUT2D eigenvalue weighted by atomic mass is 19.2. The first-order valence-corrected chi connectivity index (χ1v) is 6.94. The molecule has 1 amide bonds. The zero-order valence-electron chi connectivity index (χ0n) is 13.3. The zero-order valence-corrected chi connectivity index (χ0v) is 13.3. The molecule has 0 aliphatic rings. The highest BCUT2D eigenvalue weighted by Gasteiger charge is 2.30. The van der Waals surface area contributed by atoms with Crippen molar-refractivity contribution in [1.29, 1.82) is 0 Å². The Labute approximate surface area is 136 Å². The first kappa shape index (κ1) is 19.8. The molecule has 1 aromatic carbocycles. The molecule has 0 bridgehead atoms. The fourth-order valence-electron chi connectivity index (χ4n) is 1.87. The number of nitrogens with one attached hydrogen (secondary N) is 1. The Bertz CT molecular complexity index is 630. The number of carboxylic acid groups (broad SMARTS) is 1. The number of carboxylic acids is 1. The Kier molecular flexibility index (Phi) is 6.19. The van der Waals surface area contributed by atoms with E-state index < -0.39 is 59.2 Å². The van der Waals surface area contributed by atoms with Crippen molar-refractivity contribution >= 4 is 12.1 Å². The lowest BCUT2D eigenvalue weighted by Crippen LogP contribution is -2.43. The number of hydrogen-bond donors (Lipinski definition) is 3. The maximum atomic E-state index is 13.7. The van der Waals surface area contributed by atoms with E-state index in [1.165, 1.54) is 0 Å². The van der Waals surface area contributed by atoms with Crippen molar-refractivity contribution in [1.82, 2.24) is 5.32 Å². The van der Waals surface area contributed by atoms with E-state index in [1.54, 1.807) is 20.8 Å². The van der Waals surface area contributed by atoms with Gasteiger partial charge < -0.3 is 20.3 Å². The predicted octanol–water partition coefficient (Wildman–Crippen LogP) is 2.51. The highest BCUT2D eigenvalue weighted by molar-refractivity contribution is 5.71. The van der Waals surface area contributed by atoms with Crippen LogP contribution in [0.5, 0.6) is 0 Å². The maximum absolute atomic E-state index is 13.7. The molecule has 0 saturated carbocycles. The highest BCUT2D eigenvalue weighted by Crippen LogP contribution is 2.25. The summed E-state index contributed by atoms with van der Waals surface area (Å²) in [5.41, 5.74) is -1.58. The number of rotatable bonds is 5. The number of amides is 1. The lowest BCUT2D eigenvalue weighted by molar-refractivity contribution is -0.138. The van der Waals surface area contributed by atoms with Gasteiger partial charge in [-0.05, 0) is 26.8 Å². The standard InChI is InChI=1S/C15H18F3NO5/c1-15(2,3)24-14(23)19-11(6-12(20)21)13(22)7-4-9(17)10(18)5-8(7)16/h4-5,11,13,22H,6H2,1-3H3,(H,19,23)(H,20,21)/t11-,13?/m0/s1. The van der Waals surface area contributed by atoms with Crippen LogP contribution in [0.3, 0.4) is 0 Å². The van der Waals surface area contributed by atoms with E-state index in [9.17, 15) is 27.9 Å². The number of aliphatic hydroxyl groups is 1. The van der Waals surface area contributed by atoms with Crippen LogP contribution in [0.25, 0.3) is 0 Å². The first-order chi connectivity index (χ1) is 10.9. The molecule has 0 spiro atoms. The second-order valence-corrected chi connectivity index (χ2v) is 6.08. The van der Waals surface area contributed by atoms with E-state index in [0.29, 0.717) is 6.07 Å². The maximum Gasteiger partial charge on any atom is 0.407 e. The molecule has 0 aromatic heterocycles. The van der Waals surface area contributed by atoms with Gasteiger partial charge in [0.05, 0.1) is 12.5 Å². The molecule has 1 rings (SSSR count). The average Bonchev–Trinajstić information content (AvgIpc) is 2.38. The van der Waals surface area contributed by atoms with Crippen molar-refractivity contribution in [2.45, 2.75) is 44.9 Å². The Morgan fingerprint density at radius 1 is 1.17 bits per heavy atom. The smallest absolute Gasteiger partial charge is 0.407 e. The monoisotopic (exact) mass is 349 g/mol. The van der Waals surface area contributed by atoms with Gasteiger partial charge in [-0.15, -0.1) is 0 Å². The minimum absolute atomic E-state index is 0.221. The summed E-state index contributed by atoms with van der Waals surface area (Å²) >= 11 is 0. The molecule has 1 aromatic rings. The van der Waals surface area contributed by atoms with Crippen LogP contribution in [0.4, 0.5) is 18.0 Å². The third-order valence-corrected chi connectivity index (χ3v) is 2.84. The molecule has 0 aliphatic heterocycles. The molecule has 134 valence electrons. The van der Waals surface area contributed by atoms with Crippen LogP contribution in [0.1, 0.15) is 38.9 Å². The molecular weight excluding hydrogens is 331 g/mol. The van der Waals surface area contributed by atoms with E-state index >= 15 is 0 Å². The number of carbonyl (C=O) groups is 2. The molecule has 24 heavy (non-hydrogen) atoms. The number of hydrogen-bond acceptors (Lipinski definition) is 4. The molecule has 0 fully saturated rings. The summed E-state index contributed by atoms with van der Waals surface area (Å²) in [5, 5.41) is 21.1. The van der Waals surface area contributed by atoms with Gasteiger partial charge in [0.2, 0.25) is 0 Å². The van der Waals surface area contributed by atoms with Crippen LogP contribution in [-0.4, -0.2) is 33.9 Å². The quantitative estimate of drug-likeness (QED) is 0.710. The van der Waals surface area contributed by atoms with Gasteiger partial charge in [-0.3, -0.25) is 4.79 Å². The molecule has 0 saturated heterocycles. The SMILES string of the molecule is CC(C)(C)OC(=O)N[C@@H](CC(=O)O)C(O)c1cc(F)c(F)cc1F. The lowest BCUT2D eigenvalue weighted by atomic mass is 9.99. The van der Waals surface area contributed by atoms with Crippen molar-refractivity contribution in [2.75, 3.05) is 0 Å². The van der Waals surface area contributed by atoms with Gasteiger partial charge in [-0.1, -0.05) is 0 Å². The Hall–Kier alpha value is -2.29. The molecule has 1 unspecified atom stereocenters. The molecule has 0 radical (unpaired) electrons. The van der Waals surface area contributed by atoms with Crippen LogP contribution in [-0.2, 0) is 9.53 Å². The number of alkyl carbamates (subject to hydrolysis) is 1. The number of carbonyl (C=O) groups excluding carboxylic acids is 1. The minimum Gasteiger partial charge on any atom is -0.481 e. The normalized spacial score (nSPS) is 14.0. The van der Waals surface area contributed by atoms with Crippen molar-refractivity contribution < 1.29 is 37.7 Å². The largest absolute Gasteiger partial charge is 0.481 e.